The number of thiocyanates is 1. The summed E-state index contributed by atoms with van der Waals surface area (Å²) in [6.07, 6.45) is 0. The Morgan fingerprint density at radius 3 is 1.82 bits per heavy atom. The number of carbonyl (C=O) groups is 2. The van der Waals surface area contributed by atoms with Crippen molar-refractivity contribution in [2.24, 2.45) is 0 Å². The van der Waals surface area contributed by atoms with Crippen molar-refractivity contribution in [3.8, 4) is 5.40 Å². The Hall–Kier alpha value is -2.85. The van der Waals surface area contributed by atoms with Gasteiger partial charge in [0, 0.05) is 16.3 Å². The largest absolute Gasteiger partial charge is 0.318 e. The van der Waals surface area contributed by atoms with Crippen LogP contribution in [0.25, 0.3) is 0 Å². The molecule has 0 aliphatic rings. The molecule has 0 saturated carbocycles. The quantitative estimate of drug-likeness (QED) is 0.518. The zero-order chi connectivity index (χ0) is 15.9. The number of rotatable bonds is 3. The second-order valence-electron chi connectivity index (χ2n) is 4.13. The van der Waals surface area contributed by atoms with Crippen LogP contribution in [0.2, 0.25) is 0 Å². The molecule has 0 bridgehead atoms. The van der Waals surface area contributed by atoms with E-state index in [1.54, 1.807) is 24.3 Å². The molecule has 0 spiro atoms. The molecule has 22 heavy (non-hydrogen) atoms. The molecule has 0 atom stereocenters. The number of halogens is 1. The summed E-state index contributed by atoms with van der Waals surface area (Å²) >= 11 is 0.995. The Morgan fingerprint density at radius 2 is 1.36 bits per heavy atom. The van der Waals surface area contributed by atoms with Crippen LogP contribution in [-0.4, -0.2) is 11.8 Å². The molecule has 2 amide bonds. The predicted molar refractivity (Wildman–Crippen MR) is 81.6 cm³/mol. The van der Waals surface area contributed by atoms with Crippen molar-refractivity contribution in [1.82, 2.24) is 0 Å². The molecule has 0 saturated heterocycles. The molecule has 5 nitrogen and oxygen atoms in total. The molecule has 0 unspecified atom stereocenters. The minimum absolute atomic E-state index is 0.322. The van der Waals surface area contributed by atoms with E-state index in [0.717, 1.165) is 16.7 Å². The summed E-state index contributed by atoms with van der Waals surface area (Å²) in [4.78, 5) is 24.2. The second kappa shape index (κ2) is 7.24. The van der Waals surface area contributed by atoms with Crippen molar-refractivity contribution in [3.05, 3.63) is 54.3 Å². The fourth-order valence-electron chi connectivity index (χ4n) is 1.57. The van der Waals surface area contributed by atoms with Crippen molar-refractivity contribution in [2.45, 2.75) is 4.90 Å². The Labute approximate surface area is 130 Å². The van der Waals surface area contributed by atoms with Gasteiger partial charge < -0.3 is 10.6 Å². The fourth-order valence-corrected chi connectivity index (χ4v) is 1.95. The first-order valence-corrected chi connectivity index (χ1v) is 6.94. The molecular formula is C15H10FN3O2S. The van der Waals surface area contributed by atoms with Gasteiger partial charge in [0.1, 0.15) is 11.2 Å². The summed E-state index contributed by atoms with van der Waals surface area (Å²) in [7, 11) is 0. The van der Waals surface area contributed by atoms with E-state index in [-0.39, 0.29) is 0 Å². The number of nitriles is 1. The first kappa shape index (κ1) is 15.5. The number of thioether (sulfide) groups is 1. The SMILES string of the molecule is N#CSc1ccc(NC(=O)C(=O)Nc2ccc(F)cc2)cc1. The maximum absolute atomic E-state index is 12.7. The lowest BCUT2D eigenvalue weighted by molar-refractivity contribution is -0.132. The normalized spacial score (nSPS) is 9.64. The molecule has 0 aromatic heterocycles. The Kier molecular flexibility index (Phi) is 5.11. The highest BCUT2D eigenvalue weighted by Gasteiger charge is 2.14. The number of nitrogens with one attached hydrogen (secondary N) is 2. The number of hydrogen-bond acceptors (Lipinski definition) is 4. The van der Waals surface area contributed by atoms with Crippen LogP contribution in [-0.2, 0) is 9.59 Å². The summed E-state index contributed by atoms with van der Waals surface area (Å²) in [5.74, 6) is -2.13. The molecular weight excluding hydrogens is 305 g/mol. The lowest BCUT2D eigenvalue weighted by Crippen LogP contribution is -2.29. The van der Waals surface area contributed by atoms with E-state index in [0.29, 0.717) is 11.4 Å². The molecule has 2 N–H and O–H groups in total. The number of nitrogens with zero attached hydrogens (tertiary/aromatic N) is 1. The molecule has 110 valence electrons. The van der Waals surface area contributed by atoms with Crippen molar-refractivity contribution in [1.29, 1.82) is 5.26 Å². The minimum atomic E-state index is -0.859. The third-order valence-corrected chi connectivity index (χ3v) is 3.18. The first-order valence-electron chi connectivity index (χ1n) is 6.12. The lowest BCUT2D eigenvalue weighted by Gasteiger charge is -2.06. The zero-order valence-corrected chi connectivity index (χ0v) is 12.0. The van der Waals surface area contributed by atoms with Gasteiger partial charge in [-0.15, -0.1) is 0 Å². The first-order chi connectivity index (χ1) is 10.6. The average Bonchev–Trinajstić information content (AvgIpc) is 2.51. The molecule has 0 heterocycles. The van der Waals surface area contributed by atoms with Gasteiger partial charge >= 0.3 is 11.8 Å². The molecule has 0 aliphatic heterocycles. The zero-order valence-electron chi connectivity index (χ0n) is 11.2. The van der Waals surface area contributed by atoms with Crippen LogP contribution in [0.15, 0.2) is 53.4 Å². The van der Waals surface area contributed by atoms with E-state index < -0.39 is 17.6 Å². The van der Waals surface area contributed by atoms with Crippen LogP contribution in [0.3, 0.4) is 0 Å². The van der Waals surface area contributed by atoms with Crippen LogP contribution in [0.1, 0.15) is 0 Å². The van der Waals surface area contributed by atoms with E-state index in [2.05, 4.69) is 10.6 Å². The molecule has 7 heteroatoms. The molecule has 2 rings (SSSR count). The summed E-state index contributed by atoms with van der Waals surface area (Å²) in [5.41, 5.74) is 0.754. The van der Waals surface area contributed by atoms with E-state index >= 15 is 0 Å². The Balaban J connectivity index is 1.95. The third kappa shape index (κ3) is 4.33. The van der Waals surface area contributed by atoms with E-state index in [9.17, 15) is 14.0 Å². The molecule has 2 aromatic carbocycles. The predicted octanol–water partition coefficient (Wildman–Crippen LogP) is 2.98. The van der Waals surface area contributed by atoms with Gasteiger partial charge in [0.2, 0.25) is 0 Å². The standard InChI is InChI=1S/C15H10FN3O2S/c16-10-1-3-11(4-2-10)18-14(20)15(21)19-12-5-7-13(8-6-12)22-9-17/h1-8H,(H,18,20)(H,19,21). The van der Waals surface area contributed by atoms with Crippen LogP contribution in [0.4, 0.5) is 15.8 Å². The summed E-state index contributed by atoms with van der Waals surface area (Å²) < 4.78 is 12.7. The number of hydrogen-bond donors (Lipinski definition) is 2. The Morgan fingerprint density at radius 1 is 0.909 bits per heavy atom. The topological polar surface area (TPSA) is 82.0 Å². The maximum atomic E-state index is 12.7. The van der Waals surface area contributed by atoms with Crippen LogP contribution in [0, 0.1) is 16.5 Å². The number of anilines is 2. The molecule has 2 aromatic rings. The third-order valence-electron chi connectivity index (χ3n) is 2.58. The van der Waals surface area contributed by atoms with Gasteiger partial charge in [-0.1, -0.05) is 0 Å². The maximum Gasteiger partial charge on any atom is 0.314 e. The minimum Gasteiger partial charge on any atom is -0.318 e. The highest BCUT2D eigenvalue weighted by Crippen LogP contribution is 2.19. The monoisotopic (exact) mass is 315 g/mol. The van der Waals surface area contributed by atoms with Crippen molar-refractivity contribution in [3.63, 3.8) is 0 Å². The second-order valence-corrected chi connectivity index (χ2v) is 4.99. The van der Waals surface area contributed by atoms with E-state index in [1.807, 2.05) is 5.40 Å². The highest BCUT2D eigenvalue weighted by atomic mass is 32.2. The molecule has 0 radical (unpaired) electrons. The number of amides is 2. The molecule has 0 fully saturated rings. The van der Waals surface area contributed by atoms with Crippen molar-refractivity contribution < 1.29 is 14.0 Å². The van der Waals surface area contributed by atoms with Crippen LogP contribution in [0.5, 0.6) is 0 Å². The van der Waals surface area contributed by atoms with E-state index in [4.69, 9.17) is 5.26 Å². The van der Waals surface area contributed by atoms with E-state index in [1.165, 1.54) is 24.3 Å². The van der Waals surface area contributed by atoms with Crippen LogP contribution < -0.4 is 10.6 Å². The summed E-state index contributed by atoms with van der Waals surface area (Å²) in [6.45, 7) is 0. The van der Waals surface area contributed by atoms with Crippen molar-refractivity contribution in [2.75, 3.05) is 10.6 Å². The Bertz CT molecular complexity index is 724. The average molecular weight is 315 g/mol. The van der Waals surface area contributed by atoms with Gasteiger partial charge in [-0.25, -0.2) is 4.39 Å². The highest BCUT2D eigenvalue weighted by molar-refractivity contribution is 8.03. The summed E-state index contributed by atoms with van der Waals surface area (Å²) in [6, 6.07) is 11.6. The number of carbonyl (C=O) groups excluding carboxylic acids is 2. The van der Waals surface area contributed by atoms with Gasteiger partial charge in [0.05, 0.1) is 0 Å². The van der Waals surface area contributed by atoms with Crippen LogP contribution >= 0.6 is 11.8 Å². The van der Waals surface area contributed by atoms with Gasteiger partial charge in [-0.05, 0) is 60.3 Å². The van der Waals surface area contributed by atoms with Gasteiger partial charge in [-0.3, -0.25) is 9.59 Å². The van der Waals surface area contributed by atoms with Gasteiger partial charge in [0.15, 0.2) is 0 Å². The number of benzene rings is 2. The fraction of sp³-hybridized carbons (Fsp3) is 0. The smallest absolute Gasteiger partial charge is 0.314 e. The van der Waals surface area contributed by atoms with Gasteiger partial charge in [0.25, 0.3) is 0 Å². The van der Waals surface area contributed by atoms with Crippen molar-refractivity contribution >= 4 is 35.0 Å². The molecule has 0 aliphatic carbocycles. The summed E-state index contributed by atoms with van der Waals surface area (Å²) in [5, 5.41) is 15.2. The van der Waals surface area contributed by atoms with Gasteiger partial charge in [-0.2, -0.15) is 5.26 Å². The lowest BCUT2D eigenvalue weighted by atomic mass is 10.3.